The summed E-state index contributed by atoms with van der Waals surface area (Å²) in [6, 6.07) is 17.5. The molecular formula is C19H23NO4. The van der Waals surface area contributed by atoms with E-state index in [1.54, 1.807) is 0 Å². The van der Waals surface area contributed by atoms with Crippen LogP contribution in [-0.4, -0.2) is 33.0 Å². The Kier molecular flexibility index (Phi) is 7.26. The highest BCUT2D eigenvalue weighted by Gasteiger charge is 2.09. The van der Waals surface area contributed by atoms with E-state index in [0.717, 1.165) is 16.9 Å². The number of ether oxygens (including phenoxy) is 3. The minimum atomic E-state index is -0.436. The highest BCUT2D eigenvalue weighted by Crippen LogP contribution is 2.15. The van der Waals surface area contributed by atoms with Crippen molar-refractivity contribution in [3.63, 3.8) is 0 Å². The zero-order valence-electron chi connectivity index (χ0n) is 14.0. The lowest BCUT2D eigenvalue weighted by atomic mass is 10.1. The molecule has 24 heavy (non-hydrogen) atoms. The van der Waals surface area contributed by atoms with E-state index in [0.29, 0.717) is 13.2 Å². The van der Waals surface area contributed by atoms with Gasteiger partial charge >= 0.3 is 0 Å². The molecule has 0 unspecified atom stereocenters. The van der Waals surface area contributed by atoms with E-state index in [-0.39, 0.29) is 12.3 Å². The highest BCUT2D eigenvalue weighted by molar-refractivity contribution is 5.78. The molecule has 0 saturated carbocycles. The van der Waals surface area contributed by atoms with E-state index in [2.05, 4.69) is 5.32 Å². The molecule has 5 nitrogen and oxygen atoms in total. The first-order chi connectivity index (χ1) is 11.7. The number of nitrogens with one attached hydrogen (secondary N) is 1. The third-order valence-corrected chi connectivity index (χ3v) is 3.50. The number of hydrogen-bond donors (Lipinski definition) is 1. The quantitative estimate of drug-likeness (QED) is 0.718. The summed E-state index contributed by atoms with van der Waals surface area (Å²) in [5.74, 6) is 0.658. The predicted octanol–water partition coefficient (Wildman–Crippen LogP) is 2.54. The first kappa shape index (κ1) is 18.0. The van der Waals surface area contributed by atoms with Crippen molar-refractivity contribution < 1.29 is 19.0 Å². The summed E-state index contributed by atoms with van der Waals surface area (Å²) in [6.07, 6.45) is -0.155. The van der Waals surface area contributed by atoms with Gasteiger partial charge < -0.3 is 19.5 Å². The van der Waals surface area contributed by atoms with Crippen LogP contribution >= 0.6 is 0 Å². The van der Waals surface area contributed by atoms with E-state index >= 15 is 0 Å². The third kappa shape index (κ3) is 6.02. The number of benzene rings is 2. The number of hydrogen-bond acceptors (Lipinski definition) is 4. The van der Waals surface area contributed by atoms with Crippen LogP contribution in [0, 0.1) is 0 Å². The van der Waals surface area contributed by atoms with Gasteiger partial charge in [0.25, 0.3) is 0 Å². The predicted molar refractivity (Wildman–Crippen MR) is 91.7 cm³/mol. The van der Waals surface area contributed by atoms with Crippen LogP contribution in [0.1, 0.15) is 11.1 Å². The van der Waals surface area contributed by atoms with E-state index in [9.17, 15) is 4.79 Å². The molecule has 128 valence electrons. The molecule has 0 spiro atoms. The Morgan fingerprint density at radius 1 is 1.00 bits per heavy atom. The van der Waals surface area contributed by atoms with E-state index in [1.807, 2.05) is 54.6 Å². The Balaban J connectivity index is 1.84. The van der Waals surface area contributed by atoms with Crippen LogP contribution in [0.2, 0.25) is 0 Å². The van der Waals surface area contributed by atoms with Crippen LogP contribution in [0.15, 0.2) is 54.6 Å². The van der Waals surface area contributed by atoms with Gasteiger partial charge in [-0.15, -0.1) is 0 Å². The van der Waals surface area contributed by atoms with Crippen molar-refractivity contribution in [2.75, 3.05) is 20.8 Å². The second-order valence-corrected chi connectivity index (χ2v) is 5.30. The number of carbonyl (C=O) groups is 1. The first-order valence-corrected chi connectivity index (χ1v) is 7.79. The maximum Gasteiger partial charge on any atom is 0.224 e. The number of amides is 1. The molecule has 0 fully saturated rings. The topological polar surface area (TPSA) is 56.8 Å². The van der Waals surface area contributed by atoms with Crippen molar-refractivity contribution in [1.29, 1.82) is 0 Å². The molecular weight excluding hydrogens is 306 g/mol. The van der Waals surface area contributed by atoms with Crippen LogP contribution in [0.25, 0.3) is 0 Å². The monoisotopic (exact) mass is 329 g/mol. The Labute approximate surface area is 142 Å². The molecule has 2 aromatic rings. The average Bonchev–Trinajstić information content (AvgIpc) is 2.62. The van der Waals surface area contributed by atoms with Gasteiger partial charge in [-0.3, -0.25) is 4.79 Å². The summed E-state index contributed by atoms with van der Waals surface area (Å²) in [7, 11) is 3.07. The summed E-state index contributed by atoms with van der Waals surface area (Å²) in [5, 5.41) is 2.78. The van der Waals surface area contributed by atoms with Crippen LogP contribution in [0.3, 0.4) is 0 Å². The second-order valence-electron chi connectivity index (χ2n) is 5.30. The lowest BCUT2D eigenvalue weighted by Crippen LogP contribution is -2.34. The van der Waals surface area contributed by atoms with Gasteiger partial charge in [0.1, 0.15) is 12.4 Å². The smallest absolute Gasteiger partial charge is 0.224 e. The third-order valence-electron chi connectivity index (χ3n) is 3.50. The Bertz CT molecular complexity index is 626. The van der Waals surface area contributed by atoms with Gasteiger partial charge in [-0.1, -0.05) is 42.5 Å². The molecule has 2 rings (SSSR count). The Morgan fingerprint density at radius 2 is 1.71 bits per heavy atom. The van der Waals surface area contributed by atoms with Gasteiger partial charge in [0.05, 0.1) is 13.0 Å². The van der Waals surface area contributed by atoms with Gasteiger partial charge in [-0.05, 0) is 23.3 Å². The standard InChI is InChI=1S/C19H23NO4/c1-22-19(23-2)13-20-18(21)12-16-9-6-10-17(11-16)24-14-15-7-4-3-5-8-15/h3-11,19H,12-14H2,1-2H3,(H,20,21). The summed E-state index contributed by atoms with van der Waals surface area (Å²) in [4.78, 5) is 12.0. The summed E-state index contributed by atoms with van der Waals surface area (Å²) < 4.78 is 15.8. The molecule has 2 aromatic carbocycles. The van der Waals surface area contributed by atoms with Crippen LogP contribution in [-0.2, 0) is 27.3 Å². The first-order valence-electron chi connectivity index (χ1n) is 7.79. The van der Waals surface area contributed by atoms with Crippen molar-refractivity contribution in [2.45, 2.75) is 19.3 Å². The summed E-state index contributed by atoms with van der Waals surface area (Å²) in [5.41, 5.74) is 2.00. The lowest BCUT2D eigenvalue weighted by molar-refractivity contribution is -0.126. The zero-order valence-corrected chi connectivity index (χ0v) is 14.0. The van der Waals surface area contributed by atoms with Gasteiger partial charge in [-0.2, -0.15) is 0 Å². The fourth-order valence-electron chi connectivity index (χ4n) is 2.19. The molecule has 0 heterocycles. The molecule has 1 amide bonds. The molecule has 0 atom stereocenters. The maximum absolute atomic E-state index is 12.0. The molecule has 0 aliphatic rings. The normalized spacial score (nSPS) is 10.6. The molecule has 5 heteroatoms. The van der Waals surface area contributed by atoms with Crippen molar-refractivity contribution in [1.82, 2.24) is 5.32 Å². The van der Waals surface area contributed by atoms with Crippen LogP contribution in [0.4, 0.5) is 0 Å². The second kappa shape index (κ2) is 9.70. The van der Waals surface area contributed by atoms with E-state index in [1.165, 1.54) is 14.2 Å². The van der Waals surface area contributed by atoms with Crippen molar-refractivity contribution in [2.24, 2.45) is 0 Å². The molecule has 0 bridgehead atoms. The van der Waals surface area contributed by atoms with Gasteiger partial charge in [0.15, 0.2) is 6.29 Å². The Hall–Kier alpha value is -2.37. The molecule has 0 radical (unpaired) electrons. The highest BCUT2D eigenvalue weighted by atomic mass is 16.7. The maximum atomic E-state index is 12.0. The average molecular weight is 329 g/mol. The summed E-state index contributed by atoms with van der Waals surface area (Å²) in [6.45, 7) is 0.815. The number of carbonyl (C=O) groups excluding carboxylic acids is 1. The molecule has 0 saturated heterocycles. The van der Waals surface area contributed by atoms with Gasteiger partial charge in [0.2, 0.25) is 5.91 Å². The largest absolute Gasteiger partial charge is 0.489 e. The zero-order chi connectivity index (χ0) is 17.2. The van der Waals surface area contributed by atoms with E-state index in [4.69, 9.17) is 14.2 Å². The molecule has 1 N–H and O–H groups in total. The fraction of sp³-hybridized carbons (Fsp3) is 0.316. The van der Waals surface area contributed by atoms with E-state index < -0.39 is 6.29 Å². The van der Waals surface area contributed by atoms with Gasteiger partial charge in [-0.25, -0.2) is 0 Å². The minimum Gasteiger partial charge on any atom is -0.489 e. The molecule has 0 aliphatic carbocycles. The lowest BCUT2D eigenvalue weighted by Gasteiger charge is -2.14. The van der Waals surface area contributed by atoms with Crippen LogP contribution in [0.5, 0.6) is 5.75 Å². The number of methoxy groups -OCH3 is 2. The molecule has 0 aromatic heterocycles. The Morgan fingerprint density at radius 3 is 2.42 bits per heavy atom. The van der Waals surface area contributed by atoms with Crippen LogP contribution < -0.4 is 10.1 Å². The SMILES string of the molecule is COC(CNC(=O)Cc1cccc(OCc2ccccc2)c1)OC. The van der Waals surface area contributed by atoms with Gasteiger partial charge in [0, 0.05) is 14.2 Å². The number of rotatable bonds is 9. The summed E-state index contributed by atoms with van der Waals surface area (Å²) >= 11 is 0. The fourth-order valence-corrected chi connectivity index (χ4v) is 2.19. The minimum absolute atomic E-state index is 0.0886. The van der Waals surface area contributed by atoms with Crippen molar-refractivity contribution in [3.05, 3.63) is 65.7 Å². The van der Waals surface area contributed by atoms with Crippen molar-refractivity contribution >= 4 is 5.91 Å². The van der Waals surface area contributed by atoms with Crippen molar-refractivity contribution in [3.8, 4) is 5.75 Å². The molecule has 0 aliphatic heterocycles.